The molecule has 0 spiro atoms. The van der Waals surface area contributed by atoms with E-state index in [1.54, 1.807) is 12.1 Å². The summed E-state index contributed by atoms with van der Waals surface area (Å²) in [6, 6.07) is 14.9. The van der Waals surface area contributed by atoms with Crippen molar-refractivity contribution in [1.82, 2.24) is 20.1 Å². The van der Waals surface area contributed by atoms with E-state index in [9.17, 15) is 9.59 Å². The molecule has 3 rings (SSSR count). The highest BCUT2D eigenvalue weighted by atomic mass is 32.2. The van der Waals surface area contributed by atoms with Crippen LogP contribution < -0.4 is 10.6 Å². The molecule has 8 heteroatoms. The van der Waals surface area contributed by atoms with Gasteiger partial charge in [-0.1, -0.05) is 48.2 Å². The van der Waals surface area contributed by atoms with Crippen LogP contribution in [0, 0.1) is 13.8 Å². The molecule has 30 heavy (non-hydrogen) atoms. The maximum atomic E-state index is 12.4. The number of anilines is 1. The number of aryl methyl sites for hydroxylation is 2. The van der Waals surface area contributed by atoms with Gasteiger partial charge in [-0.25, -0.2) is 0 Å². The number of thioether (sulfide) groups is 1. The molecular formula is C22H25N5O2S. The Balaban J connectivity index is 1.59. The lowest BCUT2D eigenvalue weighted by atomic mass is 10.1. The van der Waals surface area contributed by atoms with E-state index in [4.69, 9.17) is 0 Å². The number of amides is 2. The highest BCUT2D eigenvalue weighted by Crippen LogP contribution is 2.21. The monoisotopic (exact) mass is 423 g/mol. The van der Waals surface area contributed by atoms with Gasteiger partial charge < -0.3 is 15.2 Å². The van der Waals surface area contributed by atoms with Crippen molar-refractivity contribution in [2.24, 2.45) is 0 Å². The Hall–Kier alpha value is -3.13. The Morgan fingerprint density at radius 1 is 1.00 bits per heavy atom. The fourth-order valence-electron chi connectivity index (χ4n) is 3.04. The molecule has 0 saturated heterocycles. The Bertz CT molecular complexity index is 1010. The van der Waals surface area contributed by atoms with Gasteiger partial charge in [-0.05, 0) is 44.0 Å². The van der Waals surface area contributed by atoms with E-state index >= 15 is 0 Å². The molecule has 0 bridgehead atoms. The van der Waals surface area contributed by atoms with Gasteiger partial charge in [-0.15, -0.1) is 10.2 Å². The standard InChI is InChI=1S/C22H25N5O2S/c1-4-27-18(13-23-21(29)17-11-6-5-7-12-17)25-26-22(27)30-14-19(28)24-20-15(2)9-8-10-16(20)3/h5-12H,4,13-14H2,1-3H3,(H,23,29)(H,24,28). The van der Waals surface area contributed by atoms with Gasteiger partial charge in [0.25, 0.3) is 5.91 Å². The lowest BCUT2D eigenvalue weighted by Crippen LogP contribution is -2.24. The van der Waals surface area contributed by atoms with E-state index in [-0.39, 0.29) is 24.1 Å². The normalized spacial score (nSPS) is 10.6. The zero-order chi connectivity index (χ0) is 21.5. The van der Waals surface area contributed by atoms with Gasteiger partial charge in [0, 0.05) is 17.8 Å². The molecule has 2 aromatic carbocycles. The fourth-order valence-corrected chi connectivity index (χ4v) is 3.86. The van der Waals surface area contributed by atoms with Crippen LogP contribution in [0.5, 0.6) is 0 Å². The van der Waals surface area contributed by atoms with Crippen molar-refractivity contribution in [3.05, 3.63) is 71.0 Å². The van der Waals surface area contributed by atoms with E-state index < -0.39 is 0 Å². The summed E-state index contributed by atoms with van der Waals surface area (Å²) in [6.07, 6.45) is 0. The molecule has 7 nitrogen and oxygen atoms in total. The zero-order valence-electron chi connectivity index (χ0n) is 17.3. The summed E-state index contributed by atoms with van der Waals surface area (Å²) in [7, 11) is 0. The molecule has 0 aliphatic rings. The molecule has 1 aromatic heterocycles. The van der Waals surface area contributed by atoms with Gasteiger partial charge >= 0.3 is 0 Å². The number of nitrogens with zero attached hydrogens (tertiary/aromatic N) is 3. The van der Waals surface area contributed by atoms with Crippen molar-refractivity contribution in [3.8, 4) is 0 Å². The third-order valence-corrected chi connectivity index (χ3v) is 5.60. The second kappa shape index (κ2) is 10.1. The van der Waals surface area contributed by atoms with Crippen molar-refractivity contribution in [3.63, 3.8) is 0 Å². The second-order valence-corrected chi connectivity index (χ2v) is 7.74. The van der Waals surface area contributed by atoms with Crippen LogP contribution >= 0.6 is 11.8 Å². The summed E-state index contributed by atoms with van der Waals surface area (Å²) in [5.41, 5.74) is 3.50. The summed E-state index contributed by atoms with van der Waals surface area (Å²) >= 11 is 1.33. The second-order valence-electron chi connectivity index (χ2n) is 6.80. The zero-order valence-corrected chi connectivity index (χ0v) is 18.1. The summed E-state index contributed by atoms with van der Waals surface area (Å²) in [5.74, 6) is 0.618. The molecular weight excluding hydrogens is 398 g/mol. The number of rotatable bonds is 8. The number of carbonyl (C=O) groups excluding carboxylic acids is 2. The Morgan fingerprint density at radius 2 is 1.70 bits per heavy atom. The number of aromatic nitrogens is 3. The lowest BCUT2D eigenvalue weighted by molar-refractivity contribution is -0.113. The topological polar surface area (TPSA) is 88.9 Å². The average Bonchev–Trinajstić information content (AvgIpc) is 3.15. The average molecular weight is 424 g/mol. The van der Waals surface area contributed by atoms with Crippen LogP contribution in [0.3, 0.4) is 0 Å². The summed E-state index contributed by atoms with van der Waals surface area (Å²) < 4.78 is 1.90. The van der Waals surface area contributed by atoms with Gasteiger partial charge in [0.05, 0.1) is 12.3 Å². The van der Waals surface area contributed by atoms with Crippen LogP contribution in [0.2, 0.25) is 0 Å². The molecule has 2 N–H and O–H groups in total. The van der Waals surface area contributed by atoms with Crippen molar-refractivity contribution >= 4 is 29.3 Å². The summed E-state index contributed by atoms with van der Waals surface area (Å²) in [4.78, 5) is 24.7. The fraction of sp³-hybridized carbons (Fsp3) is 0.273. The van der Waals surface area contributed by atoms with Crippen LogP contribution in [0.15, 0.2) is 53.7 Å². The van der Waals surface area contributed by atoms with Crippen LogP contribution in [0.4, 0.5) is 5.69 Å². The SMILES string of the molecule is CCn1c(CNC(=O)c2ccccc2)nnc1SCC(=O)Nc1c(C)cccc1C. The number of benzene rings is 2. The minimum atomic E-state index is -0.163. The van der Waals surface area contributed by atoms with Crippen LogP contribution in [-0.4, -0.2) is 32.3 Å². The molecule has 0 radical (unpaired) electrons. The van der Waals surface area contributed by atoms with Gasteiger partial charge in [0.2, 0.25) is 5.91 Å². The molecule has 2 amide bonds. The van der Waals surface area contributed by atoms with Crippen LogP contribution in [0.25, 0.3) is 0 Å². The third kappa shape index (κ3) is 5.27. The van der Waals surface area contributed by atoms with E-state index in [0.29, 0.717) is 23.1 Å². The molecule has 1 heterocycles. The Labute approximate surface area is 180 Å². The van der Waals surface area contributed by atoms with E-state index in [1.807, 2.05) is 61.7 Å². The van der Waals surface area contributed by atoms with Gasteiger partial charge in [0.15, 0.2) is 11.0 Å². The van der Waals surface area contributed by atoms with Crippen molar-refractivity contribution in [1.29, 1.82) is 0 Å². The van der Waals surface area contributed by atoms with E-state index in [1.165, 1.54) is 11.8 Å². The van der Waals surface area contributed by atoms with Crippen LogP contribution in [0.1, 0.15) is 34.2 Å². The van der Waals surface area contributed by atoms with Gasteiger partial charge in [-0.3, -0.25) is 9.59 Å². The first-order valence-corrected chi connectivity index (χ1v) is 10.7. The maximum absolute atomic E-state index is 12.4. The highest BCUT2D eigenvalue weighted by Gasteiger charge is 2.15. The predicted molar refractivity (Wildman–Crippen MR) is 119 cm³/mol. The maximum Gasteiger partial charge on any atom is 0.251 e. The molecule has 0 fully saturated rings. The highest BCUT2D eigenvalue weighted by molar-refractivity contribution is 7.99. The first-order valence-electron chi connectivity index (χ1n) is 9.73. The minimum absolute atomic E-state index is 0.0954. The Kier molecular flexibility index (Phi) is 7.24. The number of hydrogen-bond acceptors (Lipinski definition) is 5. The quantitative estimate of drug-likeness (QED) is 0.541. The minimum Gasteiger partial charge on any atom is -0.345 e. The lowest BCUT2D eigenvalue weighted by Gasteiger charge is -2.11. The molecule has 0 saturated carbocycles. The number of hydrogen-bond donors (Lipinski definition) is 2. The molecule has 0 unspecified atom stereocenters. The Morgan fingerprint density at radius 3 is 2.37 bits per heavy atom. The van der Waals surface area contributed by atoms with E-state index in [2.05, 4.69) is 20.8 Å². The van der Waals surface area contributed by atoms with Gasteiger partial charge in [-0.2, -0.15) is 0 Å². The molecule has 156 valence electrons. The van der Waals surface area contributed by atoms with Gasteiger partial charge in [0.1, 0.15) is 0 Å². The summed E-state index contributed by atoms with van der Waals surface area (Å²) in [6.45, 7) is 6.83. The smallest absolute Gasteiger partial charge is 0.251 e. The van der Waals surface area contributed by atoms with Crippen molar-refractivity contribution < 1.29 is 9.59 Å². The third-order valence-electron chi connectivity index (χ3n) is 4.63. The number of nitrogens with one attached hydrogen (secondary N) is 2. The molecule has 0 aliphatic heterocycles. The van der Waals surface area contributed by atoms with E-state index in [0.717, 1.165) is 16.8 Å². The van der Waals surface area contributed by atoms with Crippen molar-refractivity contribution in [2.45, 2.75) is 39.0 Å². The largest absolute Gasteiger partial charge is 0.345 e. The predicted octanol–water partition coefficient (Wildman–Crippen LogP) is 3.58. The number of para-hydroxylation sites is 1. The molecule has 3 aromatic rings. The summed E-state index contributed by atoms with van der Waals surface area (Å²) in [5, 5.41) is 14.9. The first-order chi connectivity index (χ1) is 14.5. The first kappa shape index (κ1) is 21.6. The molecule has 0 atom stereocenters. The number of carbonyl (C=O) groups is 2. The van der Waals surface area contributed by atoms with Crippen molar-refractivity contribution in [2.75, 3.05) is 11.1 Å². The molecule has 0 aliphatic carbocycles. The van der Waals surface area contributed by atoms with Crippen LogP contribution in [-0.2, 0) is 17.9 Å².